The number of aryl methyl sites for hydroxylation is 1. The van der Waals surface area contributed by atoms with Crippen molar-refractivity contribution in [2.45, 2.75) is 45.1 Å². The first-order valence-corrected chi connectivity index (χ1v) is 10.9. The fourth-order valence-corrected chi connectivity index (χ4v) is 5.20. The van der Waals surface area contributed by atoms with E-state index in [4.69, 9.17) is 0 Å². The summed E-state index contributed by atoms with van der Waals surface area (Å²) >= 11 is 0. The monoisotopic (exact) mass is 400 g/mol. The number of aromatic nitrogens is 3. The smallest absolute Gasteiger partial charge is 0.151 e. The van der Waals surface area contributed by atoms with Gasteiger partial charge in [-0.1, -0.05) is 25.0 Å². The van der Waals surface area contributed by atoms with E-state index in [2.05, 4.69) is 27.1 Å². The minimum Gasteiger partial charge on any atom is -0.507 e. The molecule has 2 aliphatic rings. The molecular formula is C25H28N4O. The molecule has 0 aliphatic heterocycles. The Kier molecular flexibility index (Phi) is 4.89. The number of anilines is 1. The highest BCUT2D eigenvalue weighted by molar-refractivity contribution is 5.74. The van der Waals surface area contributed by atoms with Crippen LogP contribution in [0.15, 0.2) is 48.7 Å². The average Bonchev–Trinajstić information content (AvgIpc) is 3.11. The molecule has 5 rings (SSSR count). The highest BCUT2D eigenvalue weighted by Gasteiger charge is 2.36. The Labute approximate surface area is 177 Å². The number of nitrogens with zero attached hydrogens (tertiary/aromatic N) is 4. The van der Waals surface area contributed by atoms with Crippen LogP contribution >= 0.6 is 0 Å². The summed E-state index contributed by atoms with van der Waals surface area (Å²) in [5.41, 5.74) is 4.26. The lowest BCUT2D eigenvalue weighted by atomic mass is 9.85. The quantitative estimate of drug-likeness (QED) is 0.649. The number of fused-ring (bicyclic) bond motifs is 2. The minimum absolute atomic E-state index is 0.201. The molecule has 5 heteroatoms. The molecule has 1 aromatic carbocycles. The van der Waals surface area contributed by atoms with E-state index in [9.17, 15) is 5.11 Å². The van der Waals surface area contributed by atoms with Crippen LogP contribution in [0.2, 0.25) is 0 Å². The standard InChI is InChI=1S/C25H28N4O/c1-16-3-6-20(15-26-16)19-7-8-22(24(30)14-19)23-9-10-25(28-27-23)29(2)21-12-17-4-5-18(11-17)13-21/h3,6-10,14-15,17-18,21,30H,4-5,11-13H2,1-2H3/t17-,18?,21?/m0/s1. The van der Waals surface area contributed by atoms with Crippen molar-refractivity contribution in [3.63, 3.8) is 0 Å². The van der Waals surface area contributed by atoms with Crippen LogP contribution in [0.4, 0.5) is 5.82 Å². The Hall–Kier alpha value is -2.95. The Bertz CT molecular complexity index is 1020. The lowest BCUT2D eigenvalue weighted by Gasteiger charge is -2.35. The van der Waals surface area contributed by atoms with Gasteiger partial charge in [0.1, 0.15) is 5.75 Å². The molecule has 3 aromatic rings. The zero-order valence-corrected chi connectivity index (χ0v) is 17.6. The summed E-state index contributed by atoms with van der Waals surface area (Å²) in [5, 5.41) is 19.5. The molecule has 2 fully saturated rings. The lowest BCUT2D eigenvalue weighted by molar-refractivity contribution is 0.312. The molecule has 154 valence electrons. The van der Waals surface area contributed by atoms with Crippen LogP contribution in [0.25, 0.3) is 22.4 Å². The number of phenols is 1. The number of aromatic hydroxyl groups is 1. The van der Waals surface area contributed by atoms with E-state index in [0.29, 0.717) is 17.3 Å². The Balaban J connectivity index is 1.34. The summed E-state index contributed by atoms with van der Waals surface area (Å²) in [6.07, 6.45) is 8.58. The number of hydrogen-bond donors (Lipinski definition) is 1. The first-order valence-electron chi connectivity index (χ1n) is 10.9. The Morgan fingerprint density at radius 2 is 1.67 bits per heavy atom. The van der Waals surface area contributed by atoms with Crippen molar-refractivity contribution >= 4 is 5.82 Å². The van der Waals surface area contributed by atoms with E-state index in [1.165, 1.54) is 32.1 Å². The van der Waals surface area contributed by atoms with Crippen LogP contribution in [0.5, 0.6) is 5.75 Å². The van der Waals surface area contributed by atoms with Crippen molar-refractivity contribution in [2.24, 2.45) is 11.8 Å². The zero-order valence-electron chi connectivity index (χ0n) is 17.6. The first-order chi connectivity index (χ1) is 14.6. The van der Waals surface area contributed by atoms with Crippen LogP contribution in [-0.4, -0.2) is 33.4 Å². The topological polar surface area (TPSA) is 62.1 Å². The fourth-order valence-electron chi connectivity index (χ4n) is 5.20. The molecule has 2 heterocycles. The third-order valence-corrected chi connectivity index (χ3v) is 6.94. The molecule has 3 atom stereocenters. The van der Waals surface area contributed by atoms with Crippen LogP contribution in [-0.2, 0) is 0 Å². The molecule has 2 bridgehead atoms. The predicted molar refractivity (Wildman–Crippen MR) is 119 cm³/mol. The van der Waals surface area contributed by atoms with E-state index < -0.39 is 0 Å². The Morgan fingerprint density at radius 3 is 2.30 bits per heavy atom. The molecular weight excluding hydrogens is 372 g/mol. The van der Waals surface area contributed by atoms with Gasteiger partial charge in [0.05, 0.1) is 5.69 Å². The molecule has 0 amide bonds. The second kappa shape index (κ2) is 7.71. The highest BCUT2D eigenvalue weighted by Crippen LogP contribution is 2.43. The zero-order chi connectivity index (χ0) is 20.7. The van der Waals surface area contributed by atoms with Crippen molar-refractivity contribution < 1.29 is 5.11 Å². The predicted octanol–water partition coefficient (Wildman–Crippen LogP) is 5.23. The van der Waals surface area contributed by atoms with Gasteiger partial charge in [-0.25, -0.2) is 0 Å². The number of phenolic OH excluding ortho intramolecular Hbond substituents is 1. The van der Waals surface area contributed by atoms with E-state index in [0.717, 1.165) is 34.5 Å². The molecule has 30 heavy (non-hydrogen) atoms. The van der Waals surface area contributed by atoms with Crippen molar-refractivity contribution in [2.75, 3.05) is 11.9 Å². The summed E-state index contributed by atoms with van der Waals surface area (Å²) in [6, 6.07) is 14.2. The molecule has 0 radical (unpaired) electrons. The van der Waals surface area contributed by atoms with Crippen molar-refractivity contribution in [1.82, 2.24) is 15.2 Å². The molecule has 2 unspecified atom stereocenters. The summed E-state index contributed by atoms with van der Waals surface area (Å²) in [5.74, 6) is 2.89. The average molecular weight is 401 g/mol. The van der Waals surface area contributed by atoms with Gasteiger partial charge in [-0.15, -0.1) is 10.2 Å². The number of pyridine rings is 1. The van der Waals surface area contributed by atoms with Gasteiger partial charge in [-0.05, 0) is 73.9 Å². The molecule has 2 aromatic heterocycles. The fraction of sp³-hybridized carbons (Fsp3) is 0.400. The molecule has 5 nitrogen and oxygen atoms in total. The summed E-state index contributed by atoms with van der Waals surface area (Å²) in [4.78, 5) is 6.64. The molecule has 2 aliphatic carbocycles. The normalized spacial score (nSPS) is 22.8. The maximum atomic E-state index is 10.6. The van der Waals surface area contributed by atoms with Crippen LogP contribution in [0.1, 0.15) is 37.8 Å². The van der Waals surface area contributed by atoms with Crippen LogP contribution in [0, 0.1) is 18.8 Å². The number of hydrogen-bond acceptors (Lipinski definition) is 5. The Morgan fingerprint density at radius 1 is 0.900 bits per heavy atom. The van der Waals surface area contributed by atoms with Crippen molar-refractivity contribution in [3.05, 3.63) is 54.4 Å². The summed E-state index contributed by atoms with van der Waals surface area (Å²) in [6.45, 7) is 1.96. The van der Waals surface area contributed by atoms with Gasteiger partial charge < -0.3 is 10.0 Å². The third-order valence-electron chi connectivity index (χ3n) is 6.94. The van der Waals surface area contributed by atoms with E-state index in [1.54, 1.807) is 6.07 Å². The largest absolute Gasteiger partial charge is 0.507 e. The van der Waals surface area contributed by atoms with Gasteiger partial charge in [0.2, 0.25) is 0 Å². The van der Waals surface area contributed by atoms with E-state index in [1.807, 2.05) is 49.5 Å². The lowest BCUT2D eigenvalue weighted by Crippen LogP contribution is -2.37. The highest BCUT2D eigenvalue weighted by atomic mass is 16.3. The van der Waals surface area contributed by atoms with E-state index in [-0.39, 0.29) is 5.75 Å². The van der Waals surface area contributed by atoms with Crippen molar-refractivity contribution in [3.8, 4) is 28.1 Å². The van der Waals surface area contributed by atoms with Gasteiger partial charge >= 0.3 is 0 Å². The molecule has 2 saturated carbocycles. The van der Waals surface area contributed by atoms with Gasteiger partial charge in [-0.3, -0.25) is 4.98 Å². The van der Waals surface area contributed by atoms with Gasteiger partial charge in [-0.2, -0.15) is 0 Å². The van der Waals surface area contributed by atoms with Crippen LogP contribution < -0.4 is 4.90 Å². The van der Waals surface area contributed by atoms with E-state index >= 15 is 0 Å². The van der Waals surface area contributed by atoms with Crippen molar-refractivity contribution in [1.29, 1.82) is 0 Å². The maximum Gasteiger partial charge on any atom is 0.151 e. The summed E-state index contributed by atoms with van der Waals surface area (Å²) < 4.78 is 0. The third kappa shape index (κ3) is 3.64. The first kappa shape index (κ1) is 19.0. The van der Waals surface area contributed by atoms with Gasteiger partial charge in [0.15, 0.2) is 5.82 Å². The SMILES string of the molecule is Cc1ccc(-c2ccc(-c3ccc(N(C)C4CC5CC[C@@H](C5)C4)nn3)c(O)c2)cn1. The second-order valence-electron chi connectivity index (χ2n) is 8.98. The van der Waals surface area contributed by atoms with Gasteiger partial charge in [0.25, 0.3) is 0 Å². The maximum absolute atomic E-state index is 10.6. The number of rotatable bonds is 4. The van der Waals surface area contributed by atoms with Crippen LogP contribution in [0.3, 0.4) is 0 Å². The molecule has 1 N–H and O–H groups in total. The summed E-state index contributed by atoms with van der Waals surface area (Å²) in [7, 11) is 2.14. The molecule has 0 saturated heterocycles. The molecule has 0 spiro atoms. The van der Waals surface area contributed by atoms with Gasteiger partial charge in [0, 0.05) is 36.1 Å². The second-order valence-corrected chi connectivity index (χ2v) is 8.98. The minimum atomic E-state index is 0.201. The number of benzene rings is 1.